The molecule has 1 atom stereocenters. The summed E-state index contributed by atoms with van der Waals surface area (Å²) in [4.78, 5) is 27.7. The Morgan fingerprint density at radius 2 is 1.86 bits per heavy atom. The van der Waals surface area contributed by atoms with Gasteiger partial charge < -0.3 is 29.0 Å². The van der Waals surface area contributed by atoms with Crippen LogP contribution in [0.5, 0.6) is 17.2 Å². The van der Waals surface area contributed by atoms with Crippen LogP contribution in [0, 0.1) is 0 Å². The molecule has 4 rings (SSSR count). The van der Waals surface area contributed by atoms with Crippen molar-refractivity contribution in [3.8, 4) is 17.2 Å². The Morgan fingerprint density at radius 1 is 1.11 bits per heavy atom. The first-order chi connectivity index (χ1) is 16.9. The molecule has 2 heterocycles. The molecule has 8 heteroatoms. The zero-order chi connectivity index (χ0) is 25.1. The third kappa shape index (κ3) is 4.71. The van der Waals surface area contributed by atoms with Gasteiger partial charge in [0.2, 0.25) is 0 Å². The van der Waals surface area contributed by atoms with Crippen LogP contribution in [0.1, 0.15) is 49.4 Å². The van der Waals surface area contributed by atoms with Crippen LogP contribution in [0.2, 0.25) is 0 Å². The van der Waals surface area contributed by atoms with E-state index in [4.69, 9.17) is 18.9 Å². The van der Waals surface area contributed by atoms with Crippen molar-refractivity contribution in [2.24, 2.45) is 0 Å². The predicted octanol–water partition coefficient (Wildman–Crippen LogP) is 4.05. The number of Topliss-reactive ketones (excluding diaryl/α,β-unsaturated/α-hetero) is 1. The Labute approximate surface area is 205 Å². The van der Waals surface area contributed by atoms with Crippen LogP contribution in [0.15, 0.2) is 42.0 Å². The molecule has 2 aromatic carbocycles. The van der Waals surface area contributed by atoms with Gasteiger partial charge in [0.15, 0.2) is 11.5 Å². The summed E-state index contributed by atoms with van der Waals surface area (Å²) in [6, 6.07) is 9.81. The molecule has 1 fully saturated rings. The molecule has 1 saturated heterocycles. The van der Waals surface area contributed by atoms with Gasteiger partial charge in [-0.2, -0.15) is 0 Å². The lowest BCUT2D eigenvalue weighted by Gasteiger charge is -2.26. The maximum absolute atomic E-state index is 13.2. The van der Waals surface area contributed by atoms with Crippen LogP contribution in [0.3, 0.4) is 0 Å². The van der Waals surface area contributed by atoms with Gasteiger partial charge in [0.25, 0.3) is 11.7 Å². The smallest absolute Gasteiger partial charge is 0.295 e. The number of hydrogen-bond acceptors (Lipinski definition) is 7. The Morgan fingerprint density at radius 3 is 2.54 bits per heavy atom. The minimum atomic E-state index is -0.796. The number of amides is 1. The molecule has 1 unspecified atom stereocenters. The van der Waals surface area contributed by atoms with Crippen LogP contribution < -0.4 is 14.2 Å². The summed E-state index contributed by atoms with van der Waals surface area (Å²) in [5.41, 5.74) is 2.02. The fourth-order valence-corrected chi connectivity index (χ4v) is 4.47. The molecule has 2 aliphatic heterocycles. The van der Waals surface area contributed by atoms with E-state index >= 15 is 0 Å². The Kier molecular flexibility index (Phi) is 7.31. The standard InChI is InChI=1S/C27H31NO7/c1-5-33-20-8-7-18(14-19(20)16(2)3)25(29)23-24(28(10-11-32-4)27(31)26(23)30)17-6-9-21-22(15-17)35-13-12-34-21/h6-9,14-16,24,29H,5,10-13H2,1-4H3/b25-23-. The third-order valence-electron chi connectivity index (χ3n) is 6.16. The van der Waals surface area contributed by atoms with Gasteiger partial charge in [-0.15, -0.1) is 0 Å². The Hall–Kier alpha value is -3.52. The van der Waals surface area contributed by atoms with Gasteiger partial charge in [-0.05, 0) is 54.3 Å². The first-order valence-corrected chi connectivity index (χ1v) is 11.8. The quantitative estimate of drug-likeness (QED) is 0.345. The van der Waals surface area contributed by atoms with Gasteiger partial charge in [0, 0.05) is 19.2 Å². The first kappa shape index (κ1) is 24.6. The van der Waals surface area contributed by atoms with Crippen molar-refractivity contribution in [1.29, 1.82) is 0 Å². The Bertz CT molecular complexity index is 1150. The highest BCUT2D eigenvalue weighted by Crippen LogP contribution is 2.43. The van der Waals surface area contributed by atoms with E-state index in [0.29, 0.717) is 42.4 Å². The van der Waals surface area contributed by atoms with E-state index in [2.05, 4.69) is 0 Å². The number of ketones is 1. The van der Waals surface area contributed by atoms with E-state index in [1.807, 2.05) is 26.8 Å². The van der Waals surface area contributed by atoms with E-state index in [1.54, 1.807) is 30.3 Å². The summed E-state index contributed by atoms with van der Waals surface area (Å²) in [6.07, 6.45) is 0. The molecule has 186 valence electrons. The van der Waals surface area contributed by atoms with Crippen molar-refractivity contribution in [3.05, 3.63) is 58.7 Å². The van der Waals surface area contributed by atoms with E-state index in [1.165, 1.54) is 12.0 Å². The number of likely N-dealkylation sites (tertiary alicyclic amines) is 1. The second kappa shape index (κ2) is 10.4. The highest BCUT2D eigenvalue weighted by Gasteiger charge is 2.46. The number of fused-ring (bicyclic) bond motifs is 1. The largest absolute Gasteiger partial charge is 0.507 e. The maximum atomic E-state index is 13.2. The molecule has 8 nitrogen and oxygen atoms in total. The van der Waals surface area contributed by atoms with Crippen LogP contribution in [-0.2, 0) is 14.3 Å². The molecule has 1 N–H and O–H groups in total. The third-order valence-corrected chi connectivity index (χ3v) is 6.16. The molecule has 2 aromatic rings. The molecule has 0 bridgehead atoms. The van der Waals surface area contributed by atoms with Gasteiger partial charge >= 0.3 is 0 Å². The van der Waals surface area contributed by atoms with Crippen LogP contribution in [-0.4, -0.2) is 61.8 Å². The molecule has 35 heavy (non-hydrogen) atoms. The van der Waals surface area contributed by atoms with Crippen LogP contribution in [0.25, 0.3) is 5.76 Å². The van der Waals surface area contributed by atoms with Crippen LogP contribution >= 0.6 is 0 Å². The number of benzene rings is 2. The van der Waals surface area contributed by atoms with Gasteiger partial charge in [-0.1, -0.05) is 19.9 Å². The van der Waals surface area contributed by atoms with Gasteiger partial charge in [-0.3, -0.25) is 9.59 Å². The molecule has 2 aliphatic rings. The number of nitrogens with zero attached hydrogens (tertiary/aromatic N) is 1. The molecular formula is C27H31NO7. The zero-order valence-corrected chi connectivity index (χ0v) is 20.5. The number of methoxy groups -OCH3 is 1. The molecule has 0 spiro atoms. The summed E-state index contributed by atoms with van der Waals surface area (Å²) >= 11 is 0. The summed E-state index contributed by atoms with van der Waals surface area (Å²) in [5.74, 6) is 0.339. The topological polar surface area (TPSA) is 94.5 Å². The number of hydrogen-bond donors (Lipinski definition) is 1. The average molecular weight is 482 g/mol. The number of aliphatic hydroxyl groups is 1. The second-order valence-corrected chi connectivity index (χ2v) is 8.73. The summed E-state index contributed by atoms with van der Waals surface area (Å²) in [7, 11) is 1.53. The van der Waals surface area contributed by atoms with E-state index < -0.39 is 17.7 Å². The molecular weight excluding hydrogens is 450 g/mol. The number of aliphatic hydroxyl groups excluding tert-OH is 1. The lowest BCUT2D eigenvalue weighted by molar-refractivity contribution is -0.140. The second-order valence-electron chi connectivity index (χ2n) is 8.73. The number of carbonyl (C=O) groups is 2. The first-order valence-electron chi connectivity index (χ1n) is 11.8. The lowest BCUT2D eigenvalue weighted by atomic mass is 9.93. The van der Waals surface area contributed by atoms with Crippen molar-refractivity contribution in [2.45, 2.75) is 32.7 Å². The molecule has 0 aliphatic carbocycles. The van der Waals surface area contributed by atoms with Gasteiger partial charge in [-0.25, -0.2) is 0 Å². The van der Waals surface area contributed by atoms with E-state index in [-0.39, 0.29) is 30.4 Å². The average Bonchev–Trinajstić information content (AvgIpc) is 3.11. The highest BCUT2D eigenvalue weighted by molar-refractivity contribution is 6.46. The number of carbonyl (C=O) groups excluding carboxylic acids is 2. The number of rotatable bonds is 8. The minimum absolute atomic E-state index is 0.0293. The monoisotopic (exact) mass is 481 g/mol. The lowest BCUT2D eigenvalue weighted by Crippen LogP contribution is -2.32. The normalized spacial score (nSPS) is 18.9. The van der Waals surface area contributed by atoms with Gasteiger partial charge in [0.05, 0.1) is 24.8 Å². The summed E-state index contributed by atoms with van der Waals surface area (Å²) < 4.78 is 22.3. The molecule has 0 radical (unpaired) electrons. The summed E-state index contributed by atoms with van der Waals surface area (Å²) in [5, 5.41) is 11.4. The van der Waals surface area contributed by atoms with Crippen molar-refractivity contribution in [1.82, 2.24) is 4.90 Å². The summed E-state index contributed by atoms with van der Waals surface area (Å²) in [6.45, 7) is 7.78. The van der Waals surface area contributed by atoms with Gasteiger partial charge in [0.1, 0.15) is 24.7 Å². The molecule has 0 aromatic heterocycles. The van der Waals surface area contributed by atoms with Crippen molar-refractivity contribution in [2.75, 3.05) is 40.1 Å². The van der Waals surface area contributed by atoms with E-state index in [9.17, 15) is 14.7 Å². The fraction of sp³-hybridized carbons (Fsp3) is 0.407. The maximum Gasteiger partial charge on any atom is 0.295 e. The SMILES string of the molecule is CCOc1ccc(/C(O)=C2/C(=O)C(=O)N(CCOC)C2c2ccc3c(c2)OCCO3)cc1C(C)C. The van der Waals surface area contributed by atoms with Crippen molar-refractivity contribution < 1.29 is 33.6 Å². The minimum Gasteiger partial charge on any atom is -0.507 e. The highest BCUT2D eigenvalue weighted by atomic mass is 16.6. The molecule has 1 amide bonds. The fourth-order valence-electron chi connectivity index (χ4n) is 4.47. The predicted molar refractivity (Wildman–Crippen MR) is 130 cm³/mol. The Balaban J connectivity index is 1.85. The van der Waals surface area contributed by atoms with Crippen molar-refractivity contribution in [3.63, 3.8) is 0 Å². The van der Waals surface area contributed by atoms with Crippen molar-refractivity contribution >= 4 is 17.4 Å². The molecule has 0 saturated carbocycles. The van der Waals surface area contributed by atoms with Crippen LogP contribution in [0.4, 0.5) is 0 Å². The number of ether oxygens (including phenoxy) is 4. The van der Waals surface area contributed by atoms with E-state index in [0.717, 1.165) is 11.3 Å². The zero-order valence-electron chi connectivity index (χ0n) is 20.5.